The van der Waals surface area contributed by atoms with Crippen molar-refractivity contribution in [3.8, 4) is 0 Å². The maximum atomic E-state index is 12.2. The van der Waals surface area contributed by atoms with Gasteiger partial charge in [0.25, 0.3) is 0 Å². The molecule has 2 aromatic carbocycles. The number of carbonyl (C=O) groups excluding carboxylic acids is 2. The Balaban J connectivity index is 1.79. The topological polar surface area (TPSA) is 58.2 Å². The van der Waals surface area contributed by atoms with Crippen LogP contribution in [-0.4, -0.2) is 17.6 Å². The average Bonchev–Trinajstić information content (AvgIpc) is 2.71. The smallest absolute Gasteiger partial charge is 0.190 e. The summed E-state index contributed by atoms with van der Waals surface area (Å²) in [6.45, 7) is 0. The number of rotatable bonds is 3. The molecule has 0 heterocycles. The summed E-state index contributed by atoms with van der Waals surface area (Å²) in [6.07, 6.45) is 0. The quantitative estimate of drug-likeness (QED) is 0.671. The number of halogens is 1. The van der Waals surface area contributed by atoms with Gasteiger partial charge in [-0.15, -0.1) is 0 Å². The van der Waals surface area contributed by atoms with Gasteiger partial charge >= 0.3 is 0 Å². The van der Waals surface area contributed by atoms with Gasteiger partial charge in [0, 0.05) is 15.6 Å². The molecular weight excluding hydrogens is 320 g/mol. The Bertz CT molecular complexity index is 665. The minimum atomic E-state index is -0.875. The maximum Gasteiger partial charge on any atom is 0.190 e. The highest BCUT2D eigenvalue weighted by Crippen LogP contribution is 2.24. The molecule has 0 saturated heterocycles. The van der Waals surface area contributed by atoms with Crippen LogP contribution in [-0.2, 0) is 0 Å². The van der Waals surface area contributed by atoms with Crippen LogP contribution in [0.3, 0.4) is 0 Å². The SMILES string of the molecule is O=C1c2ccccc2C(=O)C1NNc1ccccc1Br. The minimum Gasteiger partial charge on any atom is -0.319 e. The molecule has 3 rings (SSSR count). The van der Waals surface area contributed by atoms with E-state index in [4.69, 9.17) is 0 Å². The Morgan fingerprint density at radius 3 is 2.00 bits per heavy atom. The number of anilines is 1. The molecule has 4 nitrogen and oxygen atoms in total. The fourth-order valence-electron chi connectivity index (χ4n) is 2.19. The molecule has 0 aromatic heterocycles. The molecule has 1 aliphatic rings. The zero-order valence-corrected chi connectivity index (χ0v) is 12.0. The largest absolute Gasteiger partial charge is 0.319 e. The first-order chi connectivity index (χ1) is 9.68. The maximum absolute atomic E-state index is 12.2. The lowest BCUT2D eigenvalue weighted by atomic mass is 10.1. The standard InChI is InChI=1S/C15H11BrN2O2/c16-11-7-3-4-8-12(11)17-18-13-14(19)9-5-1-2-6-10(9)15(13)20/h1-8,13,17-18H. The van der Waals surface area contributed by atoms with Gasteiger partial charge in [-0.2, -0.15) is 0 Å². The van der Waals surface area contributed by atoms with Gasteiger partial charge in [-0.25, -0.2) is 5.43 Å². The molecule has 20 heavy (non-hydrogen) atoms. The van der Waals surface area contributed by atoms with Crippen LogP contribution in [0.15, 0.2) is 53.0 Å². The number of carbonyl (C=O) groups is 2. The van der Waals surface area contributed by atoms with E-state index in [2.05, 4.69) is 26.8 Å². The summed E-state index contributed by atoms with van der Waals surface area (Å²) in [5, 5.41) is 0. The van der Waals surface area contributed by atoms with Gasteiger partial charge < -0.3 is 5.43 Å². The molecular formula is C15H11BrN2O2. The lowest BCUT2D eigenvalue weighted by Gasteiger charge is -2.13. The van der Waals surface area contributed by atoms with E-state index in [1.165, 1.54) is 0 Å². The van der Waals surface area contributed by atoms with E-state index >= 15 is 0 Å². The van der Waals surface area contributed by atoms with Crippen LogP contribution in [0.1, 0.15) is 20.7 Å². The minimum absolute atomic E-state index is 0.204. The van der Waals surface area contributed by atoms with Crippen molar-refractivity contribution in [2.24, 2.45) is 0 Å². The number of hydrogen-bond acceptors (Lipinski definition) is 4. The van der Waals surface area contributed by atoms with Gasteiger partial charge in [0.15, 0.2) is 17.6 Å². The van der Waals surface area contributed by atoms with Crippen molar-refractivity contribution < 1.29 is 9.59 Å². The number of hydrazine groups is 1. The van der Waals surface area contributed by atoms with Gasteiger partial charge in [0.2, 0.25) is 0 Å². The number of Topliss-reactive ketones (excluding diaryl/α,β-unsaturated/α-hetero) is 2. The molecule has 2 aromatic rings. The lowest BCUT2D eigenvalue weighted by molar-refractivity contribution is 0.0874. The molecule has 2 N–H and O–H groups in total. The van der Waals surface area contributed by atoms with E-state index in [9.17, 15) is 9.59 Å². The number of nitrogens with one attached hydrogen (secondary N) is 2. The van der Waals surface area contributed by atoms with Gasteiger partial charge in [-0.05, 0) is 28.1 Å². The average molecular weight is 331 g/mol. The third kappa shape index (κ3) is 2.15. The van der Waals surface area contributed by atoms with Crippen molar-refractivity contribution >= 4 is 33.2 Å². The summed E-state index contributed by atoms with van der Waals surface area (Å²) < 4.78 is 0.850. The van der Waals surface area contributed by atoms with Crippen molar-refractivity contribution in [1.82, 2.24) is 5.43 Å². The van der Waals surface area contributed by atoms with E-state index in [0.29, 0.717) is 11.1 Å². The molecule has 100 valence electrons. The highest BCUT2D eigenvalue weighted by molar-refractivity contribution is 9.10. The number of ketones is 2. The summed E-state index contributed by atoms with van der Waals surface area (Å²) in [4.78, 5) is 24.4. The second kappa shape index (κ2) is 5.19. The summed E-state index contributed by atoms with van der Waals surface area (Å²) >= 11 is 3.39. The molecule has 5 heteroatoms. The number of para-hydroxylation sites is 1. The summed E-state index contributed by atoms with van der Waals surface area (Å²) in [7, 11) is 0. The zero-order chi connectivity index (χ0) is 14.1. The Hall–Kier alpha value is -1.98. The van der Waals surface area contributed by atoms with Gasteiger partial charge in [0.05, 0.1) is 5.69 Å². The molecule has 0 spiro atoms. The van der Waals surface area contributed by atoms with Gasteiger partial charge in [-0.1, -0.05) is 36.4 Å². The van der Waals surface area contributed by atoms with Crippen molar-refractivity contribution in [2.45, 2.75) is 6.04 Å². The first kappa shape index (κ1) is 13.0. The molecule has 0 fully saturated rings. The predicted molar refractivity (Wildman–Crippen MR) is 79.8 cm³/mol. The third-order valence-corrected chi connectivity index (χ3v) is 3.90. The lowest BCUT2D eigenvalue weighted by Crippen LogP contribution is -2.42. The second-order valence-electron chi connectivity index (χ2n) is 4.46. The Labute approximate surface area is 124 Å². The molecule has 0 bridgehead atoms. The van der Waals surface area contributed by atoms with Crippen molar-refractivity contribution in [1.29, 1.82) is 0 Å². The van der Waals surface area contributed by atoms with Crippen molar-refractivity contribution in [3.05, 3.63) is 64.1 Å². The predicted octanol–water partition coefficient (Wildman–Crippen LogP) is 2.81. The van der Waals surface area contributed by atoms with E-state index in [-0.39, 0.29) is 11.6 Å². The molecule has 0 aliphatic heterocycles. The first-order valence-corrected chi connectivity index (χ1v) is 6.91. The Morgan fingerprint density at radius 2 is 1.40 bits per heavy atom. The van der Waals surface area contributed by atoms with E-state index < -0.39 is 6.04 Å². The van der Waals surface area contributed by atoms with Crippen molar-refractivity contribution in [2.75, 3.05) is 5.43 Å². The fraction of sp³-hybridized carbons (Fsp3) is 0.0667. The Kier molecular flexibility index (Phi) is 3.38. The highest BCUT2D eigenvalue weighted by Gasteiger charge is 2.38. The van der Waals surface area contributed by atoms with E-state index in [0.717, 1.165) is 10.2 Å². The van der Waals surface area contributed by atoms with Crippen LogP contribution < -0.4 is 10.9 Å². The summed E-state index contributed by atoms with van der Waals surface area (Å²) in [6, 6.07) is 13.5. The number of fused-ring (bicyclic) bond motifs is 1. The van der Waals surface area contributed by atoms with Crippen molar-refractivity contribution in [3.63, 3.8) is 0 Å². The number of hydrogen-bond donors (Lipinski definition) is 2. The molecule has 1 aliphatic carbocycles. The zero-order valence-electron chi connectivity index (χ0n) is 10.4. The van der Waals surface area contributed by atoms with E-state index in [1.807, 2.05) is 24.3 Å². The van der Waals surface area contributed by atoms with Gasteiger partial charge in [0.1, 0.15) is 0 Å². The van der Waals surface area contributed by atoms with Crippen LogP contribution in [0, 0.1) is 0 Å². The van der Waals surface area contributed by atoms with Crippen LogP contribution in [0.2, 0.25) is 0 Å². The highest BCUT2D eigenvalue weighted by atomic mass is 79.9. The monoisotopic (exact) mass is 330 g/mol. The van der Waals surface area contributed by atoms with E-state index in [1.54, 1.807) is 24.3 Å². The summed E-state index contributed by atoms with van der Waals surface area (Å²) in [5.41, 5.74) is 7.44. The normalized spacial score (nSPS) is 14.4. The summed E-state index contributed by atoms with van der Waals surface area (Å²) in [5.74, 6) is -0.407. The van der Waals surface area contributed by atoms with Gasteiger partial charge in [-0.3, -0.25) is 9.59 Å². The molecule has 0 amide bonds. The Morgan fingerprint density at radius 1 is 0.850 bits per heavy atom. The molecule has 0 saturated carbocycles. The van der Waals surface area contributed by atoms with Crippen LogP contribution in [0.5, 0.6) is 0 Å². The van der Waals surface area contributed by atoms with Crippen LogP contribution >= 0.6 is 15.9 Å². The first-order valence-electron chi connectivity index (χ1n) is 6.12. The second-order valence-corrected chi connectivity index (χ2v) is 5.31. The number of benzene rings is 2. The molecule has 0 unspecified atom stereocenters. The fourth-order valence-corrected chi connectivity index (χ4v) is 2.57. The van der Waals surface area contributed by atoms with Crippen LogP contribution in [0.4, 0.5) is 5.69 Å². The third-order valence-electron chi connectivity index (χ3n) is 3.21. The van der Waals surface area contributed by atoms with Crippen LogP contribution in [0.25, 0.3) is 0 Å². The molecule has 0 radical (unpaired) electrons. The molecule has 0 atom stereocenters.